The van der Waals surface area contributed by atoms with Gasteiger partial charge in [-0.15, -0.1) is 23.1 Å². The van der Waals surface area contributed by atoms with Crippen molar-refractivity contribution in [1.29, 1.82) is 0 Å². The second-order valence-electron chi connectivity index (χ2n) is 9.31. The highest BCUT2D eigenvalue weighted by atomic mass is 32.2. The van der Waals surface area contributed by atoms with Gasteiger partial charge in [-0.25, -0.2) is 14.8 Å². The average molecular weight is 634 g/mol. The molecular weight excluding hydrogens is 611 g/mol. The molecule has 2 atom stereocenters. The number of anilines is 1. The van der Waals surface area contributed by atoms with Crippen LogP contribution in [0.3, 0.4) is 0 Å². The first-order chi connectivity index (χ1) is 21.0. The first-order valence-corrected chi connectivity index (χ1v) is 15.7. The number of ether oxygens (including phenoxy) is 1. The zero-order valence-corrected chi connectivity index (χ0v) is 24.7. The van der Waals surface area contributed by atoms with Gasteiger partial charge in [-0.2, -0.15) is 5.10 Å². The number of carbonyl (C=O) groups excluding carboxylic acids is 4. The molecule has 2 aliphatic heterocycles. The van der Waals surface area contributed by atoms with E-state index in [1.165, 1.54) is 46.1 Å². The molecule has 3 N–H and O–H groups in total. The largest absolute Gasteiger partial charge is 0.448 e. The number of nitrogens with one attached hydrogen (secondary N) is 3. The Balaban J connectivity index is 1.24. The van der Waals surface area contributed by atoms with E-state index in [1.807, 2.05) is 60.7 Å². The van der Waals surface area contributed by atoms with Crippen LogP contribution < -0.4 is 10.6 Å². The number of esters is 1. The number of nitrogens with zero attached hydrogens (tertiary/aromatic N) is 4. The van der Waals surface area contributed by atoms with E-state index in [-0.39, 0.29) is 12.1 Å². The normalized spacial score (nSPS) is 17.7. The van der Waals surface area contributed by atoms with Crippen LogP contribution in [0.1, 0.15) is 22.9 Å². The van der Waals surface area contributed by atoms with E-state index >= 15 is 0 Å². The zero-order chi connectivity index (χ0) is 29.8. The number of hydrogen-bond donors (Lipinski definition) is 3. The van der Waals surface area contributed by atoms with Gasteiger partial charge in [0.1, 0.15) is 23.4 Å². The van der Waals surface area contributed by atoms with Crippen molar-refractivity contribution in [3.05, 3.63) is 99.8 Å². The molecule has 4 aromatic rings. The van der Waals surface area contributed by atoms with Gasteiger partial charge in [-0.1, -0.05) is 72.4 Å². The summed E-state index contributed by atoms with van der Waals surface area (Å²) in [6.07, 6.45) is 1.10. The van der Waals surface area contributed by atoms with Crippen LogP contribution in [0.5, 0.6) is 0 Å². The Hall–Kier alpha value is -4.47. The lowest BCUT2D eigenvalue weighted by Crippen LogP contribution is -2.70. The molecule has 43 heavy (non-hydrogen) atoms. The number of aromatic amines is 1. The molecular formula is C28H23N7O5S3. The Kier molecular flexibility index (Phi) is 8.53. The number of thiazole rings is 1. The molecule has 0 bridgehead atoms. The number of aromatic nitrogens is 4. The van der Waals surface area contributed by atoms with Gasteiger partial charge in [-0.05, 0) is 11.1 Å². The molecule has 6 rings (SSSR count). The number of H-pyrrole nitrogens is 1. The van der Waals surface area contributed by atoms with Crippen LogP contribution in [0.2, 0.25) is 0 Å². The van der Waals surface area contributed by atoms with Gasteiger partial charge < -0.3 is 15.4 Å². The summed E-state index contributed by atoms with van der Waals surface area (Å²) in [5.74, 6) is -1.11. The van der Waals surface area contributed by atoms with Gasteiger partial charge in [0.05, 0.1) is 12.1 Å². The van der Waals surface area contributed by atoms with E-state index in [4.69, 9.17) is 4.74 Å². The molecule has 1 saturated heterocycles. The molecule has 2 aromatic heterocycles. The molecule has 12 nitrogen and oxygen atoms in total. The summed E-state index contributed by atoms with van der Waals surface area (Å²) in [7, 11) is 0. The Morgan fingerprint density at radius 1 is 1.14 bits per heavy atom. The minimum Gasteiger partial charge on any atom is -0.448 e. The van der Waals surface area contributed by atoms with Crippen LogP contribution in [0, 0.1) is 0 Å². The standard InChI is InChI=1S/C28H23N7O5S3/c36-15-30-27-32-18(12-42-27)11-20(37)33-21-24(38)35-22(19(13-41-25(21)35)43-28-29-14-31-34-28)26(39)40-23(16-7-3-1-4-8-16)17-9-5-2-6-10-17/h1-10,12,14-15,21,23,25H,11,13H2,(H,33,37)(H,29,31,34)(H,30,32,36)/t21-,25+/m1/s1. The summed E-state index contributed by atoms with van der Waals surface area (Å²) in [4.78, 5) is 61.3. The van der Waals surface area contributed by atoms with Gasteiger partial charge >= 0.3 is 5.97 Å². The molecule has 0 aliphatic carbocycles. The van der Waals surface area contributed by atoms with Crippen molar-refractivity contribution < 1.29 is 23.9 Å². The Bertz CT molecular complexity index is 1620. The summed E-state index contributed by atoms with van der Waals surface area (Å²) in [5.41, 5.74) is 2.14. The van der Waals surface area contributed by atoms with Crippen LogP contribution >= 0.6 is 34.9 Å². The van der Waals surface area contributed by atoms with Crippen LogP contribution in [0.25, 0.3) is 0 Å². The average Bonchev–Trinajstić information content (AvgIpc) is 3.71. The monoisotopic (exact) mass is 633 g/mol. The third-order valence-corrected chi connectivity index (χ3v) is 9.82. The Morgan fingerprint density at radius 2 is 1.86 bits per heavy atom. The predicted molar refractivity (Wildman–Crippen MR) is 161 cm³/mol. The lowest BCUT2D eigenvalue weighted by atomic mass is 10.0. The highest BCUT2D eigenvalue weighted by Crippen LogP contribution is 2.45. The molecule has 3 amide bonds. The van der Waals surface area contributed by atoms with Crippen LogP contribution in [-0.2, 0) is 30.3 Å². The quantitative estimate of drug-likeness (QED) is 0.127. The van der Waals surface area contributed by atoms with Gasteiger partial charge in [0.15, 0.2) is 16.4 Å². The number of rotatable bonds is 11. The van der Waals surface area contributed by atoms with E-state index < -0.39 is 35.3 Å². The number of fused-ring (bicyclic) bond motifs is 1. The molecule has 2 aliphatic rings. The number of benzene rings is 2. The molecule has 2 aromatic carbocycles. The third-order valence-electron chi connectivity index (χ3n) is 6.56. The van der Waals surface area contributed by atoms with E-state index in [0.717, 1.165) is 11.1 Å². The molecule has 4 heterocycles. The van der Waals surface area contributed by atoms with Crippen molar-refractivity contribution in [1.82, 2.24) is 30.4 Å². The number of β-lactam (4-membered cyclic amide) rings is 1. The van der Waals surface area contributed by atoms with Gasteiger partial charge in [-0.3, -0.25) is 24.4 Å². The fraction of sp³-hybridized carbons (Fsp3) is 0.179. The summed E-state index contributed by atoms with van der Waals surface area (Å²) in [6.45, 7) is 0. The topological polar surface area (TPSA) is 159 Å². The van der Waals surface area contributed by atoms with Gasteiger partial charge in [0, 0.05) is 16.0 Å². The van der Waals surface area contributed by atoms with Crippen molar-refractivity contribution in [2.45, 2.75) is 29.1 Å². The van der Waals surface area contributed by atoms with Crippen molar-refractivity contribution in [3.63, 3.8) is 0 Å². The minimum atomic E-state index is -0.831. The van der Waals surface area contributed by atoms with E-state index in [0.29, 0.717) is 33.1 Å². The summed E-state index contributed by atoms with van der Waals surface area (Å²) in [6, 6.07) is 17.9. The highest BCUT2D eigenvalue weighted by molar-refractivity contribution is 8.06. The van der Waals surface area contributed by atoms with E-state index in [2.05, 4.69) is 30.8 Å². The SMILES string of the molecule is O=CNc1nc(CC(=O)N[C@@H]2C(=O)N3C(C(=O)OC(c4ccccc4)c4ccccc4)=C(Sc4ncn[nH]4)CS[C@@H]23)cs1. The fourth-order valence-corrected chi connectivity index (χ4v) is 7.67. The number of amides is 3. The fourth-order valence-electron chi connectivity index (χ4n) is 4.66. The van der Waals surface area contributed by atoms with Crippen molar-refractivity contribution >= 4 is 64.2 Å². The molecule has 0 radical (unpaired) electrons. The van der Waals surface area contributed by atoms with Crippen LogP contribution in [0.4, 0.5) is 5.13 Å². The minimum absolute atomic E-state index is 0.0641. The molecule has 15 heteroatoms. The summed E-state index contributed by atoms with van der Waals surface area (Å²) < 4.78 is 6.15. The summed E-state index contributed by atoms with van der Waals surface area (Å²) >= 11 is 3.82. The number of carbonyl (C=O) groups is 4. The van der Waals surface area contributed by atoms with Crippen molar-refractivity contribution in [2.24, 2.45) is 0 Å². The maximum Gasteiger partial charge on any atom is 0.356 e. The molecule has 0 spiro atoms. The Labute approximate surface area is 257 Å². The first kappa shape index (κ1) is 28.6. The maximum absolute atomic E-state index is 14.0. The Morgan fingerprint density at radius 3 is 2.51 bits per heavy atom. The smallest absolute Gasteiger partial charge is 0.356 e. The zero-order valence-electron chi connectivity index (χ0n) is 22.2. The van der Waals surface area contributed by atoms with Crippen molar-refractivity contribution in [2.75, 3.05) is 11.1 Å². The lowest BCUT2D eigenvalue weighted by molar-refractivity contribution is -0.154. The third kappa shape index (κ3) is 6.18. The molecule has 0 unspecified atom stereocenters. The van der Waals surface area contributed by atoms with Crippen molar-refractivity contribution in [3.8, 4) is 0 Å². The van der Waals surface area contributed by atoms with E-state index in [1.54, 1.807) is 5.38 Å². The molecule has 0 saturated carbocycles. The second kappa shape index (κ2) is 12.8. The number of hydrogen-bond acceptors (Lipinski definition) is 11. The van der Waals surface area contributed by atoms with Crippen LogP contribution in [-0.4, -0.2) is 66.4 Å². The molecule has 1 fully saturated rings. The summed E-state index contributed by atoms with van der Waals surface area (Å²) in [5, 5.41) is 13.9. The first-order valence-electron chi connectivity index (χ1n) is 13.0. The lowest BCUT2D eigenvalue weighted by Gasteiger charge is -2.49. The number of thioether (sulfide) groups is 2. The van der Waals surface area contributed by atoms with Gasteiger partial charge in [0.25, 0.3) is 5.91 Å². The van der Waals surface area contributed by atoms with E-state index in [9.17, 15) is 19.2 Å². The predicted octanol–water partition coefficient (Wildman–Crippen LogP) is 3.11. The second-order valence-corrected chi connectivity index (χ2v) is 12.4. The van der Waals surface area contributed by atoms with Gasteiger partial charge in [0.2, 0.25) is 12.3 Å². The maximum atomic E-state index is 14.0. The van der Waals surface area contributed by atoms with Crippen LogP contribution in [0.15, 0.2) is 88.1 Å². The molecule has 218 valence electrons. The highest BCUT2D eigenvalue weighted by Gasteiger charge is 2.55.